The van der Waals surface area contributed by atoms with Crippen LogP contribution in [0, 0.1) is 5.82 Å². The van der Waals surface area contributed by atoms with Gasteiger partial charge in [0.25, 0.3) is 0 Å². The van der Waals surface area contributed by atoms with Crippen LogP contribution in [0.2, 0.25) is 0 Å². The van der Waals surface area contributed by atoms with Crippen molar-refractivity contribution in [1.82, 2.24) is 0 Å². The Morgan fingerprint density at radius 1 is 1.22 bits per heavy atom. The molecule has 0 amide bonds. The highest BCUT2D eigenvalue weighted by Crippen LogP contribution is 2.16. The Morgan fingerprint density at radius 3 is 2.44 bits per heavy atom. The number of aldehydes is 1. The summed E-state index contributed by atoms with van der Waals surface area (Å²) in [6.45, 7) is 4.83. The van der Waals surface area contributed by atoms with E-state index in [1.165, 1.54) is 12.1 Å². The molecule has 0 aliphatic rings. The van der Waals surface area contributed by atoms with Gasteiger partial charge in [-0.25, -0.2) is 4.39 Å². The summed E-state index contributed by atoms with van der Waals surface area (Å²) in [6.07, 6.45) is 0.0707. The Hall–Kier alpha value is -1.46. The average molecular weight is 256 g/mol. The van der Waals surface area contributed by atoms with Crippen LogP contribution in [0.4, 0.5) is 4.39 Å². The number of carbonyl (C=O) groups is 1. The monoisotopic (exact) mass is 256 g/mol. The molecule has 0 atom stereocenters. The maximum absolute atomic E-state index is 13.1. The van der Waals surface area contributed by atoms with Crippen molar-refractivity contribution in [3.8, 4) is 5.75 Å². The van der Waals surface area contributed by atoms with E-state index in [1.54, 1.807) is 0 Å². The fraction of sp³-hybridized carbons (Fsp3) is 0.462. The van der Waals surface area contributed by atoms with Gasteiger partial charge in [0.05, 0.1) is 0 Å². The third kappa shape index (κ3) is 4.81. The molecule has 0 N–H and O–H groups in total. The Labute approximate surface area is 106 Å². The molecule has 0 radical (unpaired) electrons. The van der Waals surface area contributed by atoms with E-state index in [0.717, 1.165) is 6.07 Å². The third-order valence-corrected chi connectivity index (χ3v) is 2.12. The second kappa shape index (κ2) is 7.79. The van der Waals surface area contributed by atoms with Crippen LogP contribution in [0.1, 0.15) is 24.2 Å². The molecule has 100 valence electrons. The highest BCUT2D eigenvalue weighted by atomic mass is 19.1. The molecule has 0 saturated carbocycles. The van der Waals surface area contributed by atoms with Gasteiger partial charge in [-0.3, -0.25) is 4.79 Å². The van der Waals surface area contributed by atoms with Crippen LogP contribution >= 0.6 is 0 Å². The molecule has 1 rings (SSSR count). The quantitative estimate of drug-likeness (QED) is 0.529. The average Bonchev–Trinajstić information content (AvgIpc) is 2.36. The molecule has 18 heavy (non-hydrogen) atoms. The van der Waals surface area contributed by atoms with Gasteiger partial charge in [-0.2, -0.15) is 0 Å². The standard InChI is InChI=1S/C13H17FO4/c1-3-16-13(17-4-2)9-18-12-6-10(8-15)5-11(14)7-12/h5-8,13H,3-4,9H2,1-2H3. The van der Waals surface area contributed by atoms with Crippen molar-refractivity contribution < 1.29 is 23.4 Å². The smallest absolute Gasteiger partial charge is 0.191 e. The number of hydrogen-bond donors (Lipinski definition) is 0. The van der Waals surface area contributed by atoms with E-state index < -0.39 is 12.1 Å². The number of carbonyl (C=O) groups excluding carboxylic acids is 1. The van der Waals surface area contributed by atoms with E-state index in [2.05, 4.69) is 0 Å². The zero-order valence-electron chi connectivity index (χ0n) is 10.5. The van der Waals surface area contributed by atoms with Gasteiger partial charge < -0.3 is 14.2 Å². The number of benzene rings is 1. The highest BCUT2D eigenvalue weighted by molar-refractivity contribution is 5.75. The number of ether oxygens (including phenoxy) is 3. The fourth-order valence-corrected chi connectivity index (χ4v) is 1.42. The minimum atomic E-state index is -0.515. The van der Waals surface area contributed by atoms with Crippen LogP contribution in [0.25, 0.3) is 0 Å². The van der Waals surface area contributed by atoms with Crippen molar-refractivity contribution in [1.29, 1.82) is 0 Å². The number of hydrogen-bond acceptors (Lipinski definition) is 4. The lowest BCUT2D eigenvalue weighted by atomic mass is 10.2. The molecule has 0 bridgehead atoms. The molecular weight excluding hydrogens is 239 g/mol. The first-order valence-electron chi connectivity index (χ1n) is 5.81. The van der Waals surface area contributed by atoms with Crippen molar-refractivity contribution in [2.75, 3.05) is 19.8 Å². The van der Waals surface area contributed by atoms with Gasteiger partial charge in [-0.1, -0.05) is 0 Å². The van der Waals surface area contributed by atoms with Gasteiger partial charge in [0, 0.05) is 24.8 Å². The molecule has 0 aromatic heterocycles. The van der Waals surface area contributed by atoms with Crippen molar-refractivity contribution in [3.63, 3.8) is 0 Å². The Bertz CT molecular complexity index is 375. The minimum absolute atomic E-state index is 0.142. The number of halogens is 1. The lowest BCUT2D eigenvalue weighted by Crippen LogP contribution is -2.25. The van der Waals surface area contributed by atoms with Crippen LogP contribution in [0.3, 0.4) is 0 Å². The molecule has 0 fully saturated rings. The second-order valence-electron chi connectivity index (χ2n) is 3.49. The Morgan fingerprint density at radius 2 is 1.89 bits per heavy atom. The van der Waals surface area contributed by atoms with Crippen LogP contribution in [-0.4, -0.2) is 32.4 Å². The normalized spacial score (nSPS) is 10.7. The van der Waals surface area contributed by atoms with Gasteiger partial charge in [-0.15, -0.1) is 0 Å². The summed E-state index contributed by atoms with van der Waals surface area (Å²) in [6, 6.07) is 3.81. The zero-order chi connectivity index (χ0) is 13.4. The molecular formula is C13H17FO4. The summed E-state index contributed by atoms with van der Waals surface area (Å²) in [4.78, 5) is 10.6. The maximum atomic E-state index is 13.1. The van der Waals surface area contributed by atoms with Gasteiger partial charge in [0.15, 0.2) is 6.29 Å². The Balaban J connectivity index is 2.60. The summed E-state index contributed by atoms with van der Waals surface area (Å²) in [7, 11) is 0. The van der Waals surface area contributed by atoms with Crippen LogP contribution in [-0.2, 0) is 9.47 Å². The molecule has 1 aromatic rings. The van der Waals surface area contributed by atoms with Gasteiger partial charge >= 0.3 is 0 Å². The second-order valence-corrected chi connectivity index (χ2v) is 3.49. The largest absolute Gasteiger partial charge is 0.488 e. The molecule has 1 aromatic carbocycles. The summed E-state index contributed by atoms with van der Waals surface area (Å²) in [5.41, 5.74) is 0.231. The zero-order valence-corrected chi connectivity index (χ0v) is 10.5. The lowest BCUT2D eigenvalue weighted by molar-refractivity contribution is -0.152. The molecule has 0 spiro atoms. The molecule has 0 heterocycles. The predicted molar refractivity (Wildman–Crippen MR) is 64.3 cm³/mol. The summed E-state index contributed by atoms with van der Waals surface area (Å²) >= 11 is 0. The predicted octanol–water partition coefficient (Wildman–Crippen LogP) is 2.42. The van der Waals surface area contributed by atoms with Gasteiger partial charge in [0.1, 0.15) is 24.5 Å². The van der Waals surface area contributed by atoms with Crippen LogP contribution in [0.5, 0.6) is 5.75 Å². The highest BCUT2D eigenvalue weighted by Gasteiger charge is 2.09. The Kier molecular flexibility index (Phi) is 6.32. The maximum Gasteiger partial charge on any atom is 0.191 e. The van der Waals surface area contributed by atoms with E-state index >= 15 is 0 Å². The molecule has 0 aliphatic heterocycles. The van der Waals surface area contributed by atoms with E-state index in [9.17, 15) is 9.18 Å². The molecule has 4 nitrogen and oxygen atoms in total. The van der Waals surface area contributed by atoms with Crippen molar-refractivity contribution >= 4 is 6.29 Å². The SMILES string of the molecule is CCOC(COc1cc(F)cc(C=O)c1)OCC. The van der Waals surface area contributed by atoms with E-state index in [0.29, 0.717) is 19.5 Å². The van der Waals surface area contributed by atoms with Gasteiger partial charge in [-0.05, 0) is 26.0 Å². The van der Waals surface area contributed by atoms with E-state index in [1.807, 2.05) is 13.8 Å². The van der Waals surface area contributed by atoms with E-state index in [-0.39, 0.29) is 17.9 Å². The summed E-state index contributed by atoms with van der Waals surface area (Å²) in [5, 5.41) is 0. The third-order valence-electron chi connectivity index (χ3n) is 2.12. The van der Waals surface area contributed by atoms with Crippen LogP contribution in [0.15, 0.2) is 18.2 Å². The first kappa shape index (κ1) is 14.6. The molecule has 0 saturated heterocycles. The number of rotatable bonds is 8. The lowest BCUT2D eigenvalue weighted by Gasteiger charge is -2.17. The van der Waals surface area contributed by atoms with Crippen molar-refractivity contribution in [2.45, 2.75) is 20.1 Å². The summed E-state index contributed by atoms with van der Waals surface area (Å²) in [5.74, 6) is -0.236. The molecule has 0 aliphatic carbocycles. The first-order chi connectivity index (χ1) is 8.69. The summed E-state index contributed by atoms with van der Waals surface area (Å²) < 4.78 is 29.0. The van der Waals surface area contributed by atoms with Gasteiger partial charge in [0.2, 0.25) is 0 Å². The first-order valence-corrected chi connectivity index (χ1v) is 5.81. The van der Waals surface area contributed by atoms with E-state index in [4.69, 9.17) is 14.2 Å². The molecule has 5 heteroatoms. The molecule has 0 unspecified atom stereocenters. The van der Waals surface area contributed by atoms with Crippen LogP contribution < -0.4 is 4.74 Å². The van der Waals surface area contributed by atoms with Crippen molar-refractivity contribution in [2.24, 2.45) is 0 Å². The minimum Gasteiger partial charge on any atom is -0.488 e. The fourth-order valence-electron chi connectivity index (χ4n) is 1.42. The van der Waals surface area contributed by atoms with Crippen molar-refractivity contribution in [3.05, 3.63) is 29.6 Å². The topological polar surface area (TPSA) is 44.8 Å².